The van der Waals surface area contributed by atoms with E-state index in [1.165, 1.54) is 12.1 Å². The number of nitrogens with two attached hydrogens (primary N) is 1. The molecule has 0 unspecified atom stereocenters. The van der Waals surface area contributed by atoms with Gasteiger partial charge in [0.1, 0.15) is 17.1 Å². The van der Waals surface area contributed by atoms with Gasteiger partial charge in [0, 0.05) is 36.1 Å². The smallest absolute Gasteiger partial charge is 0.246 e. The van der Waals surface area contributed by atoms with E-state index >= 15 is 0 Å². The van der Waals surface area contributed by atoms with Crippen molar-refractivity contribution >= 4 is 11.2 Å². The normalized spacial score (nSPS) is 11.2. The number of halogens is 1. The Labute approximate surface area is 142 Å². The molecule has 126 valence electrons. The molecule has 4 rings (SSSR count). The van der Waals surface area contributed by atoms with Crippen LogP contribution in [0, 0.1) is 12.7 Å². The van der Waals surface area contributed by atoms with Gasteiger partial charge in [-0.3, -0.25) is 4.68 Å². The van der Waals surface area contributed by atoms with E-state index in [0.717, 1.165) is 5.56 Å². The topological polar surface area (TPSA) is 83.3 Å². The van der Waals surface area contributed by atoms with E-state index in [1.807, 2.05) is 13.2 Å². The number of fused-ring (bicyclic) bond motifs is 1. The summed E-state index contributed by atoms with van der Waals surface area (Å²) in [7, 11) is 1.83. The summed E-state index contributed by atoms with van der Waals surface area (Å²) in [5.41, 5.74) is 8.91. The van der Waals surface area contributed by atoms with Gasteiger partial charge in [0.05, 0.1) is 24.3 Å². The van der Waals surface area contributed by atoms with Gasteiger partial charge in [0.15, 0.2) is 0 Å². The van der Waals surface area contributed by atoms with Crippen LogP contribution in [-0.2, 0) is 7.05 Å². The first kappa shape index (κ1) is 15.1. The molecule has 0 spiro atoms. The van der Waals surface area contributed by atoms with Crippen molar-refractivity contribution in [3.05, 3.63) is 54.4 Å². The van der Waals surface area contributed by atoms with Crippen LogP contribution in [0.25, 0.3) is 16.8 Å². The summed E-state index contributed by atoms with van der Waals surface area (Å²) in [5, 5.41) is 8.39. The molecule has 25 heavy (non-hydrogen) atoms. The predicted molar refractivity (Wildman–Crippen MR) is 90.8 cm³/mol. The summed E-state index contributed by atoms with van der Waals surface area (Å²) >= 11 is 0. The van der Waals surface area contributed by atoms with E-state index in [2.05, 4.69) is 15.2 Å². The lowest BCUT2D eigenvalue weighted by Crippen LogP contribution is -2.00. The molecule has 0 saturated heterocycles. The van der Waals surface area contributed by atoms with Gasteiger partial charge in [0.25, 0.3) is 0 Å². The van der Waals surface area contributed by atoms with E-state index in [1.54, 1.807) is 40.8 Å². The quantitative estimate of drug-likeness (QED) is 0.581. The summed E-state index contributed by atoms with van der Waals surface area (Å²) in [6.45, 7) is 1.77. The van der Waals surface area contributed by atoms with Gasteiger partial charge in [-0.1, -0.05) is 0 Å². The molecule has 8 heteroatoms. The van der Waals surface area contributed by atoms with Crippen LogP contribution in [0.5, 0.6) is 11.6 Å². The number of rotatable bonds is 3. The highest BCUT2D eigenvalue weighted by molar-refractivity contribution is 5.65. The molecule has 4 aromatic rings. The van der Waals surface area contributed by atoms with Gasteiger partial charge in [-0.2, -0.15) is 10.2 Å². The van der Waals surface area contributed by atoms with E-state index < -0.39 is 5.82 Å². The average molecular weight is 338 g/mol. The van der Waals surface area contributed by atoms with Crippen molar-refractivity contribution in [3.8, 4) is 22.9 Å². The standard InChI is InChI=1S/C17H15FN6O/c1-10-13(19)5-12(18)6-16(10)25-17-15-3-4-20-24(15)9-14(22-17)11-7-21-23(2)8-11/h3-9H,19H2,1-2H3. The lowest BCUT2D eigenvalue weighted by atomic mass is 10.2. The van der Waals surface area contributed by atoms with Crippen LogP contribution in [0.3, 0.4) is 0 Å². The molecular formula is C17H15FN6O. The Balaban J connectivity index is 1.85. The third-order valence-electron chi connectivity index (χ3n) is 3.93. The lowest BCUT2D eigenvalue weighted by molar-refractivity contribution is 0.458. The van der Waals surface area contributed by atoms with Crippen molar-refractivity contribution in [3.63, 3.8) is 0 Å². The number of benzene rings is 1. The van der Waals surface area contributed by atoms with Crippen LogP contribution < -0.4 is 10.5 Å². The average Bonchev–Trinajstić information content (AvgIpc) is 3.20. The fourth-order valence-electron chi connectivity index (χ4n) is 2.55. The molecule has 0 bridgehead atoms. The highest BCUT2D eigenvalue weighted by Crippen LogP contribution is 2.32. The molecule has 0 aliphatic heterocycles. The van der Waals surface area contributed by atoms with E-state index in [4.69, 9.17) is 10.5 Å². The monoisotopic (exact) mass is 338 g/mol. The van der Waals surface area contributed by atoms with Crippen molar-refractivity contribution in [1.29, 1.82) is 0 Å². The fraction of sp³-hybridized carbons (Fsp3) is 0.118. The van der Waals surface area contributed by atoms with Crippen molar-refractivity contribution in [2.75, 3.05) is 5.73 Å². The lowest BCUT2D eigenvalue weighted by Gasteiger charge is -2.12. The van der Waals surface area contributed by atoms with Gasteiger partial charge < -0.3 is 10.5 Å². The minimum absolute atomic E-state index is 0.312. The molecule has 0 radical (unpaired) electrons. The third kappa shape index (κ3) is 2.67. The largest absolute Gasteiger partial charge is 0.437 e. The molecule has 2 N–H and O–H groups in total. The number of nitrogens with zero attached hydrogens (tertiary/aromatic N) is 5. The van der Waals surface area contributed by atoms with E-state index in [0.29, 0.717) is 34.1 Å². The van der Waals surface area contributed by atoms with Crippen LogP contribution >= 0.6 is 0 Å². The maximum Gasteiger partial charge on any atom is 0.246 e. The molecular weight excluding hydrogens is 323 g/mol. The van der Waals surface area contributed by atoms with Crippen molar-refractivity contribution < 1.29 is 9.13 Å². The summed E-state index contributed by atoms with van der Waals surface area (Å²) in [6.07, 6.45) is 6.97. The zero-order chi connectivity index (χ0) is 17.6. The Morgan fingerprint density at radius 3 is 2.80 bits per heavy atom. The highest BCUT2D eigenvalue weighted by atomic mass is 19.1. The number of nitrogen functional groups attached to an aromatic ring is 1. The first-order chi connectivity index (χ1) is 12.0. The molecule has 0 saturated carbocycles. The molecule has 1 aromatic carbocycles. The van der Waals surface area contributed by atoms with Crippen molar-refractivity contribution in [1.82, 2.24) is 24.4 Å². The van der Waals surface area contributed by atoms with Crippen LogP contribution in [-0.4, -0.2) is 24.4 Å². The van der Waals surface area contributed by atoms with Crippen molar-refractivity contribution in [2.24, 2.45) is 7.05 Å². The second-order valence-electron chi connectivity index (χ2n) is 5.72. The zero-order valence-corrected chi connectivity index (χ0v) is 13.6. The highest BCUT2D eigenvalue weighted by Gasteiger charge is 2.14. The maximum absolute atomic E-state index is 13.7. The molecule has 0 aliphatic rings. The molecule has 7 nitrogen and oxygen atoms in total. The first-order valence-electron chi connectivity index (χ1n) is 7.58. The van der Waals surface area contributed by atoms with Gasteiger partial charge in [-0.15, -0.1) is 0 Å². The summed E-state index contributed by atoms with van der Waals surface area (Å²) in [5.74, 6) is 0.162. The van der Waals surface area contributed by atoms with Crippen LogP contribution in [0.1, 0.15) is 5.56 Å². The van der Waals surface area contributed by atoms with E-state index in [9.17, 15) is 4.39 Å². The SMILES string of the molecule is Cc1c(N)cc(F)cc1Oc1nc(-c2cnn(C)c2)cn2nccc12. The van der Waals surface area contributed by atoms with Gasteiger partial charge in [-0.05, 0) is 19.1 Å². The number of hydrogen-bond donors (Lipinski definition) is 1. The second-order valence-corrected chi connectivity index (χ2v) is 5.72. The minimum atomic E-state index is -0.467. The summed E-state index contributed by atoms with van der Waals surface area (Å²) in [4.78, 5) is 4.55. The molecule has 3 heterocycles. The molecule has 0 atom stereocenters. The molecule has 0 amide bonds. The number of aromatic nitrogens is 5. The predicted octanol–water partition coefficient (Wildman–Crippen LogP) is 2.95. The Morgan fingerprint density at radius 1 is 1.20 bits per heavy atom. The maximum atomic E-state index is 13.7. The molecule has 0 fully saturated rings. The summed E-state index contributed by atoms with van der Waals surface area (Å²) in [6, 6.07) is 4.32. The van der Waals surface area contributed by atoms with Gasteiger partial charge in [-0.25, -0.2) is 13.9 Å². The summed E-state index contributed by atoms with van der Waals surface area (Å²) < 4.78 is 22.9. The Bertz CT molecular complexity index is 1080. The minimum Gasteiger partial charge on any atom is -0.437 e. The Kier molecular flexibility index (Phi) is 3.38. The van der Waals surface area contributed by atoms with Crippen LogP contribution in [0.2, 0.25) is 0 Å². The number of anilines is 1. The Hall–Kier alpha value is -3.42. The van der Waals surface area contributed by atoms with Gasteiger partial charge >= 0.3 is 0 Å². The van der Waals surface area contributed by atoms with Crippen LogP contribution in [0.4, 0.5) is 10.1 Å². The molecule has 3 aromatic heterocycles. The number of aryl methyl sites for hydroxylation is 1. The van der Waals surface area contributed by atoms with Gasteiger partial charge in [0.2, 0.25) is 5.88 Å². The Morgan fingerprint density at radius 2 is 2.04 bits per heavy atom. The zero-order valence-electron chi connectivity index (χ0n) is 13.6. The number of hydrogen-bond acceptors (Lipinski definition) is 5. The third-order valence-corrected chi connectivity index (χ3v) is 3.93. The first-order valence-corrected chi connectivity index (χ1v) is 7.58. The van der Waals surface area contributed by atoms with Crippen molar-refractivity contribution in [2.45, 2.75) is 6.92 Å². The van der Waals surface area contributed by atoms with Crippen LogP contribution in [0.15, 0.2) is 43.0 Å². The fourth-order valence-corrected chi connectivity index (χ4v) is 2.55. The van der Waals surface area contributed by atoms with E-state index in [-0.39, 0.29) is 0 Å². The molecule has 0 aliphatic carbocycles. The second kappa shape index (κ2) is 5.59. The number of ether oxygens (including phenoxy) is 1.